The van der Waals surface area contributed by atoms with Crippen LogP contribution in [0.5, 0.6) is 0 Å². The normalized spacial score (nSPS) is 10.3. The Kier molecular flexibility index (Phi) is 5.17. The quantitative estimate of drug-likeness (QED) is 0.726. The van der Waals surface area contributed by atoms with E-state index >= 15 is 0 Å². The monoisotopic (exact) mass is 284 g/mol. The van der Waals surface area contributed by atoms with Gasteiger partial charge in [-0.2, -0.15) is 0 Å². The smallest absolute Gasteiger partial charge is 0.263 e. The predicted octanol–water partition coefficient (Wildman–Crippen LogP) is 1.03. The van der Waals surface area contributed by atoms with Crippen LogP contribution in [0.3, 0.4) is 0 Å². The van der Waals surface area contributed by atoms with E-state index in [-0.39, 0.29) is 17.2 Å². The number of nitrogens with one attached hydrogen (secondary N) is 1. The molecule has 6 nitrogen and oxygen atoms in total. The molecule has 0 unspecified atom stereocenters. The number of nitrogens with two attached hydrogens (primary N) is 2. The van der Waals surface area contributed by atoms with Gasteiger partial charge in [-0.25, -0.2) is 0 Å². The van der Waals surface area contributed by atoms with E-state index in [2.05, 4.69) is 5.32 Å². The van der Waals surface area contributed by atoms with Crippen molar-refractivity contribution in [1.82, 2.24) is 5.32 Å². The molecule has 0 atom stereocenters. The van der Waals surface area contributed by atoms with Gasteiger partial charge >= 0.3 is 0 Å². The Balaban J connectivity index is 3.34. The Morgan fingerprint density at radius 3 is 2.26 bits per heavy atom. The fourth-order valence-electron chi connectivity index (χ4n) is 1.81. The van der Waals surface area contributed by atoms with Gasteiger partial charge in [0.1, 0.15) is 9.88 Å². The van der Waals surface area contributed by atoms with Crippen LogP contribution < -0.4 is 21.7 Å². The van der Waals surface area contributed by atoms with Crippen LogP contribution in [-0.4, -0.2) is 31.4 Å². The number of nitrogens with zero attached hydrogens (tertiary/aromatic N) is 1. The first-order valence-electron chi connectivity index (χ1n) is 6.22. The molecule has 0 fully saturated rings. The van der Waals surface area contributed by atoms with E-state index in [0.717, 1.165) is 0 Å². The highest BCUT2D eigenvalue weighted by Gasteiger charge is 2.26. The molecule has 0 aromatic carbocycles. The number of nitrogen functional groups attached to an aromatic ring is 1. The molecular formula is C12H20N4O2S. The molecule has 0 spiro atoms. The zero-order chi connectivity index (χ0) is 14.6. The van der Waals surface area contributed by atoms with Crippen LogP contribution in [-0.2, 0) is 0 Å². The molecule has 19 heavy (non-hydrogen) atoms. The highest BCUT2D eigenvalue weighted by atomic mass is 32.1. The lowest BCUT2D eigenvalue weighted by molar-refractivity contribution is 0.0960. The summed E-state index contributed by atoms with van der Waals surface area (Å²) in [6.07, 6.45) is 0. The molecule has 0 aliphatic carbocycles. The van der Waals surface area contributed by atoms with Crippen LogP contribution in [0.25, 0.3) is 0 Å². The lowest BCUT2D eigenvalue weighted by Gasteiger charge is -2.19. The average molecular weight is 284 g/mol. The summed E-state index contributed by atoms with van der Waals surface area (Å²) in [4.78, 5) is 25.8. The van der Waals surface area contributed by atoms with Gasteiger partial charge in [0, 0.05) is 19.6 Å². The maximum Gasteiger partial charge on any atom is 0.263 e. The van der Waals surface area contributed by atoms with Gasteiger partial charge < -0.3 is 21.7 Å². The summed E-state index contributed by atoms with van der Waals surface area (Å²) in [7, 11) is 0. The van der Waals surface area contributed by atoms with Gasteiger partial charge in [-0.3, -0.25) is 9.59 Å². The number of carbonyl (C=O) groups is 2. The summed E-state index contributed by atoms with van der Waals surface area (Å²) in [6.45, 7) is 7.69. The second kappa shape index (κ2) is 6.42. The van der Waals surface area contributed by atoms with Crippen LogP contribution in [0.15, 0.2) is 0 Å². The number of carbonyl (C=O) groups excluding carboxylic acids is 2. The highest BCUT2D eigenvalue weighted by Crippen LogP contribution is 2.37. The molecule has 1 aromatic heterocycles. The Hall–Kier alpha value is -1.76. The van der Waals surface area contributed by atoms with Crippen LogP contribution in [0, 0.1) is 0 Å². The molecule has 0 aliphatic heterocycles. The first-order chi connectivity index (χ1) is 8.97. The second-order valence-corrected chi connectivity index (χ2v) is 4.92. The van der Waals surface area contributed by atoms with Crippen molar-refractivity contribution in [3.05, 3.63) is 10.4 Å². The van der Waals surface area contributed by atoms with Crippen molar-refractivity contribution in [2.24, 2.45) is 5.73 Å². The predicted molar refractivity (Wildman–Crippen MR) is 78.8 cm³/mol. The third kappa shape index (κ3) is 2.98. The van der Waals surface area contributed by atoms with Crippen LogP contribution in [0.4, 0.5) is 10.7 Å². The van der Waals surface area contributed by atoms with E-state index in [1.165, 1.54) is 11.3 Å². The Morgan fingerprint density at radius 1 is 1.26 bits per heavy atom. The number of anilines is 2. The van der Waals surface area contributed by atoms with Crippen molar-refractivity contribution in [2.45, 2.75) is 20.8 Å². The van der Waals surface area contributed by atoms with E-state index in [4.69, 9.17) is 11.5 Å². The van der Waals surface area contributed by atoms with Crippen molar-refractivity contribution in [3.63, 3.8) is 0 Å². The molecule has 1 heterocycles. The topological polar surface area (TPSA) is 101 Å². The molecule has 1 rings (SSSR count). The molecule has 0 saturated heterocycles. The average Bonchev–Trinajstić information content (AvgIpc) is 2.69. The van der Waals surface area contributed by atoms with Gasteiger partial charge in [-0.15, -0.1) is 11.3 Å². The van der Waals surface area contributed by atoms with Gasteiger partial charge in [-0.05, 0) is 20.8 Å². The standard InChI is InChI=1S/C12H20N4O2S/c1-4-15-11(18)9-8(13)7(10(14)17)12(19-9)16(5-2)6-3/h4-6,13H2,1-3H3,(H2,14,17)(H,15,18). The van der Waals surface area contributed by atoms with Crippen LogP contribution in [0.1, 0.15) is 40.8 Å². The van der Waals surface area contributed by atoms with Gasteiger partial charge in [-0.1, -0.05) is 0 Å². The minimum absolute atomic E-state index is 0.172. The second-order valence-electron chi connectivity index (χ2n) is 3.92. The van der Waals surface area contributed by atoms with Gasteiger partial charge in [0.15, 0.2) is 0 Å². The van der Waals surface area contributed by atoms with Crippen molar-refractivity contribution >= 4 is 33.8 Å². The van der Waals surface area contributed by atoms with Crippen LogP contribution >= 0.6 is 11.3 Å². The number of rotatable bonds is 6. The van der Waals surface area contributed by atoms with Gasteiger partial charge in [0.05, 0.1) is 11.3 Å². The zero-order valence-electron chi connectivity index (χ0n) is 11.4. The lowest BCUT2D eigenvalue weighted by atomic mass is 10.2. The molecular weight excluding hydrogens is 264 g/mol. The fraction of sp³-hybridized carbons (Fsp3) is 0.500. The summed E-state index contributed by atoms with van der Waals surface area (Å²) in [5, 5.41) is 3.34. The van der Waals surface area contributed by atoms with Gasteiger partial charge in [0.25, 0.3) is 11.8 Å². The molecule has 0 aliphatic rings. The summed E-state index contributed by atoms with van der Waals surface area (Å²) < 4.78 is 0. The summed E-state index contributed by atoms with van der Waals surface area (Å²) in [6, 6.07) is 0. The number of amides is 2. The van der Waals surface area contributed by atoms with Crippen molar-refractivity contribution < 1.29 is 9.59 Å². The molecule has 106 valence electrons. The van der Waals surface area contributed by atoms with Gasteiger partial charge in [0.2, 0.25) is 0 Å². The van der Waals surface area contributed by atoms with E-state index in [1.807, 2.05) is 25.7 Å². The zero-order valence-corrected chi connectivity index (χ0v) is 12.3. The van der Waals surface area contributed by atoms with E-state index in [9.17, 15) is 9.59 Å². The van der Waals surface area contributed by atoms with Crippen LogP contribution in [0.2, 0.25) is 0 Å². The largest absolute Gasteiger partial charge is 0.397 e. The molecule has 7 heteroatoms. The molecule has 0 bridgehead atoms. The Bertz CT molecular complexity index is 480. The van der Waals surface area contributed by atoms with E-state index < -0.39 is 5.91 Å². The molecule has 5 N–H and O–H groups in total. The van der Waals surface area contributed by atoms with Crippen molar-refractivity contribution in [2.75, 3.05) is 30.3 Å². The fourth-order valence-corrected chi connectivity index (χ4v) is 3.08. The number of thiophene rings is 1. The summed E-state index contributed by atoms with van der Waals surface area (Å²) >= 11 is 1.21. The number of hydrogen-bond acceptors (Lipinski definition) is 5. The molecule has 1 aromatic rings. The number of primary amides is 1. The SMILES string of the molecule is CCNC(=O)c1sc(N(CC)CC)c(C(N)=O)c1N. The maximum atomic E-state index is 11.9. The third-order valence-electron chi connectivity index (χ3n) is 2.77. The molecule has 2 amide bonds. The third-order valence-corrected chi connectivity index (χ3v) is 4.03. The first-order valence-corrected chi connectivity index (χ1v) is 7.04. The lowest BCUT2D eigenvalue weighted by Crippen LogP contribution is -2.24. The molecule has 0 saturated carbocycles. The van der Waals surface area contributed by atoms with Crippen molar-refractivity contribution in [3.8, 4) is 0 Å². The number of hydrogen-bond donors (Lipinski definition) is 3. The molecule has 0 radical (unpaired) electrons. The van der Waals surface area contributed by atoms with E-state index in [0.29, 0.717) is 29.5 Å². The van der Waals surface area contributed by atoms with Crippen molar-refractivity contribution in [1.29, 1.82) is 0 Å². The van der Waals surface area contributed by atoms with E-state index in [1.54, 1.807) is 0 Å². The maximum absolute atomic E-state index is 11.9. The highest BCUT2D eigenvalue weighted by molar-refractivity contribution is 7.19. The summed E-state index contributed by atoms with van der Waals surface area (Å²) in [5.74, 6) is -0.878. The minimum atomic E-state index is -0.605. The minimum Gasteiger partial charge on any atom is -0.397 e. The first kappa shape index (κ1) is 15.3. The summed E-state index contributed by atoms with van der Waals surface area (Å²) in [5.41, 5.74) is 11.7. The Labute approximate surface area is 116 Å². The Morgan fingerprint density at radius 2 is 1.84 bits per heavy atom.